The number of nitrogens with two attached hydrogens (primary N) is 1. The van der Waals surface area contributed by atoms with Crippen LogP contribution < -0.4 is 5.73 Å². The van der Waals surface area contributed by atoms with E-state index in [0.717, 1.165) is 23.0 Å². The Morgan fingerprint density at radius 1 is 1.39 bits per heavy atom. The predicted molar refractivity (Wildman–Crippen MR) is 72.2 cm³/mol. The highest BCUT2D eigenvalue weighted by Crippen LogP contribution is 2.30. The average Bonchev–Trinajstić information content (AvgIpc) is 2.77. The first-order valence-electron chi connectivity index (χ1n) is 7.14. The van der Waals surface area contributed by atoms with Gasteiger partial charge in [-0.2, -0.15) is 0 Å². The van der Waals surface area contributed by atoms with E-state index in [-0.39, 0.29) is 0 Å². The molecule has 3 nitrogen and oxygen atoms in total. The molecule has 0 aromatic carbocycles. The Hall–Kier alpha value is -0.800. The van der Waals surface area contributed by atoms with E-state index >= 15 is 0 Å². The van der Waals surface area contributed by atoms with Gasteiger partial charge in [0.05, 0.1) is 6.10 Å². The van der Waals surface area contributed by atoms with Gasteiger partial charge in [-0.3, -0.25) is 0 Å². The molecule has 0 bridgehead atoms. The topological polar surface area (TPSA) is 48.4 Å². The van der Waals surface area contributed by atoms with Crippen LogP contribution in [-0.2, 0) is 17.9 Å². The lowest BCUT2D eigenvalue weighted by Gasteiger charge is -2.30. The molecule has 2 atom stereocenters. The van der Waals surface area contributed by atoms with Crippen molar-refractivity contribution >= 4 is 0 Å². The lowest BCUT2D eigenvalue weighted by molar-refractivity contribution is -0.0285. The summed E-state index contributed by atoms with van der Waals surface area (Å²) in [4.78, 5) is 0. The molecule has 0 aliphatic heterocycles. The Balaban J connectivity index is 1.89. The Labute approximate surface area is 110 Å². The molecule has 0 radical (unpaired) electrons. The van der Waals surface area contributed by atoms with Gasteiger partial charge in [-0.05, 0) is 31.7 Å². The zero-order valence-electron chi connectivity index (χ0n) is 11.6. The highest BCUT2D eigenvalue weighted by Gasteiger charge is 2.24. The molecule has 0 spiro atoms. The summed E-state index contributed by atoms with van der Waals surface area (Å²) in [6, 6.07) is 2.03. The molecule has 1 heterocycles. The van der Waals surface area contributed by atoms with Crippen molar-refractivity contribution in [2.45, 2.75) is 65.2 Å². The van der Waals surface area contributed by atoms with Gasteiger partial charge in [-0.15, -0.1) is 0 Å². The molecule has 0 amide bonds. The lowest BCUT2D eigenvalue weighted by Crippen LogP contribution is -2.27. The molecule has 102 valence electrons. The van der Waals surface area contributed by atoms with Gasteiger partial charge < -0.3 is 14.9 Å². The molecule has 1 aromatic heterocycles. The van der Waals surface area contributed by atoms with Crippen LogP contribution in [0.15, 0.2) is 10.5 Å². The number of hydrogen-bond acceptors (Lipinski definition) is 3. The Bertz CT molecular complexity index is 373. The van der Waals surface area contributed by atoms with Crippen LogP contribution in [0.25, 0.3) is 0 Å². The minimum atomic E-state index is 0.412. The number of aryl methyl sites for hydroxylation is 1. The number of furan rings is 1. The van der Waals surface area contributed by atoms with E-state index in [1.165, 1.54) is 32.1 Å². The van der Waals surface area contributed by atoms with Gasteiger partial charge in [-0.25, -0.2) is 0 Å². The van der Waals surface area contributed by atoms with Crippen molar-refractivity contribution in [3.63, 3.8) is 0 Å². The van der Waals surface area contributed by atoms with Crippen LogP contribution in [0.5, 0.6) is 0 Å². The molecule has 1 aromatic rings. The fraction of sp³-hybridized carbons (Fsp3) is 0.733. The lowest BCUT2D eigenvalue weighted by atomic mass is 9.85. The monoisotopic (exact) mass is 251 g/mol. The highest BCUT2D eigenvalue weighted by atomic mass is 16.5. The van der Waals surface area contributed by atoms with Crippen LogP contribution in [-0.4, -0.2) is 6.10 Å². The smallest absolute Gasteiger partial charge is 0.130 e. The summed E-state index contributed by atoms with van der Waals surface area (Å²) in [5.41, 5.74) is 6.73. The first-order valence-corrected chi connectivity index (χ1v) is 7.14. The quantitative estimate of drug-likeness (QED) is 0.870. The first-order chi connectivity index (χ1) is 8.74. The van der Waals surface area contributed by atoms with Crippen LogP contribution in [0.1, 0.15) is 56.1 Å². The third-order valence-electron chi connectivity index (χ3n) is 4.09. The largest absolute Gasteiger partial charge is 0.464 e. The molecule has 0 saturated heterocycles. The van der Waals surface area contributed by atoms with Gasteiger partial charge in [0, 0.05) is 12.1 Å². The van der Waals surface area contributed by atoms with E-state index in [4.69, 9.17) is 14.9 Å². The molecule has 1 aliphatic carbocycles. The normalized spacial score (nSPS) is 24.4. The number of rotatable bonds is 5. The van der Waals surface area contributed by atoms with E-state index in [1.807, 2.05) is 13.0 Å². The van der Waals surface area contributed by atoms with Crippen molar-refractivity contribution < 1.29 is 9.15 Å². The summed E-state index contributed by atoms with van der Waals surface area (Å²) in [7, 11) is 0. The van der Waals surface area contributed by atoms with Gasteiger partial charge in [0.15, 0.2) is 0 Å². The van der Waals surface area contributed by atoms with Crippen molar-refractivity contribution in [1.29, 1.82) is 0 Å². The van der Waals surface area contributed by atoms with Gasteiger partial charge in [-0.1, -0.05) is 26.2 Å². The van der Waals surface area contributed by atoms with Crippen molar-refractivity contribution in [2.24, 2.45) is 11.7 Å². The SMILES string of the molecule is CCC1CCCCC1OCc1cc(CN)c(C)o1. The molecule has 1 fully saturated rings. The highest BCUT2D eigenvalue weighted by molar-refractivity contribution is 5.19. The molecular formula is C15H25NO2. The van der Waals surface area contributed by atoms with Crippen LogP contribution in [0, 0.1) is 12.8 Å². The minimum absolute atomic E-state index is 0.412. The molecule has 2 N–H and O–H groups in total. The van der Waals surface area contributed by atoms with Gasteiger partial charge in [0.1, 0.15) is 18.1 Å². The first kappa shape index (κ1) is 13.6. The van der Waals surface area contributed by atoms with Gasteiger partial charge in [0.2, 0.25) is 0 Å². The van der Waals surface area contributed by atoms with Crippen LogP contribution in [0.3, 0.4) is 0 Å². The van der Waals surface area contributed by atoms with E-state index in [9.17, 15) is 0 Å². The maximum Gasteiger partial charge on any atom is 0.130 e. The van der Waals surface area contributed by atoms with Crippen molar-refractivity contribution in [1.82, 2.24) is 0 Å². The summed E-state index contributed by atoms with van der Waals surface area (Å²) in [6.07, 6.45) is 6.79. The molecule has 1 saturated carbocycles. The Morgan fingerprint density at radius 3 is 2.83 bits per heavy atom. The average molecular weight is 251 g/mol. The summed E-state index contributed by atoms with van der Waals surface area (Å²) in [6.45, 7) is 5.34. The van der Waals surface area contributed by atoms with Crippen molar-refractivity contribution in [2.75, 3.05) is 0 Å². The summed E-state index contributed by atoms with van der Waals surface area (Å²) in [5, 5.41) is 0. The summed E-state index contributed by atoms with van der Waals surface area (Å²) >= 11 is 0. The minimum Gasteiger partial charge on any atom is -0.464 e. The predicted octanol–water partition coefficient (Wildman–Crippen LogP) is 3.53. The zero-order valence-corrected chi connectivity index (χ0v) is 11.6. The maximum absolute atomic E-state index is 6.05. The second kappa shape index (κ2) is 6.39. The molecule has 2 unspecified atom stereocenters. The second-order valence-corrected chi connectivity index (χ2v) is 5.30. The molecular weight excluding hydrogens is 226 g/mol. The van der Waals surface area contributed by atoms with Crippen LogP contribution in [0.2, 0.25) is 0 Å². The fourth-order valence-corrected chi connectivity index (χ4v) is 2.91. The van der Waals surface area contributed by atoms with E-state index in [1.54, 1.807) is 0 Å². The second-order valence-electron chi connectivity index (χ2n) is 5.30. The zero-order chi connectivity index (χ0) is 13.0. The fourth-order valence-electron chi connectivity index (χ4n) is 2.91. The van der Waals surface area contributed by atoms with Crippen LogP contribution in [0.4, 0.5) is 0 Å². The third-order valence-corrected chi connectivity index (χ3v) is 4.09. The Kier molecular flexibility index (Phi) is 4.84. The van der Waals surface area contributed by atoms with E-state index in [0.29, 0.717) is 19.3 Å². The van der Waals surface area contributed by atoms with Crippen LogP contribution >= 0.6 is 0 Å². The van der Waals surface area contributed by atoms with E-state index < -0.39 is 0 Å². The van der Waals surface area contributed by atoms with Gasteiger partial charge >= 0.3 is 0 Å². The number of ether oxygens (including phenoxy) is 1. The third kappa shape index (κ3) is 3.15. The molecule has 1 aliphatic rings. The van der Waals surface area contributed by atoms with Crippen molar-refractivity contribution in [3.05, 3.63) is 23.2 Å². The summed E-state index contributed by atoms with van der Waals surface area (Å²) in [5.74, 6) is 2.56. The molecule has 3 heteroatoms. The van der Waals surface area contributed by atoms with Crippen molar-refractivity contribution in [3.8, 4) is 0 Å². The molecule has 18 heavy (non-hydrogen) atoms. The summed E-state index contributed by atoms with van der Waals surface area (Å²) < 4.78 is 11.7. The molecule has 2 rings (SSSR count). The standard InChI is InChI=1S/C15H25NO2/c1-3-12-6-4-5-7-15(12)17-10-14-8-13(9-16)11(2)18-14/h8,12,15H,3-7,9-10,16H2,1-2H3. The van der Waals surface area contributed by atoms with Gasteiger partial charge in [0.25, 0.3) is 0 Å². The Morgan fingerprint density at radius 2 is 2.17 bits per heavy atom. The maximum atomic E-state index is 6.05. The number of hydrogen-bond donors (Lipinski definition) is 1. The van der Waals surface area contributed by atoms with E-state index in [2.05, 4.69) is 6.92 Å².